The number of esters is 1. The summed E-state index contributed by atoms with van der Waals surface area (Å²) in [6.45, 7) is 5.22. The molecule has 3 aromatic rings. The van der Waals surface area contributed by atoms with E-state index in [0.717, 1.165) is 26.3 Å². The van der Waals surface area contributed by atoms with Gasteiger partial charge in [-0.25, -0.2) is 4.79 Å². The van der Waals surface area contributed by atoms with E-state index >= 15 is 0 Å². The van der Waals surface area contributed by atoms with E-state index in [1.165, 1.54) is 30.3 Å². The molecule has 1 N–H and O–H groups in total. The Labute approximate surface area is 172 Å². The number of nitrogens with zero attached hydrogens (tertiary/aromatic N) is 2. The van der Waals surface area contributed by atoms with E-state index in [1.54, 1.807) is 11.6 Å². The smallest absolute Gasteiger partial charge is 0.356 e. The van der Waals surface area contributed by atoms with E-state index in [1.807, 2.05) is 44.2 Å². The van der Waals surface area contributed by atoms with Crippen molar-refractivity contribution in [1.82, 2.24) is 4.57 Å². The average Bonchev–Trinajstić information content (AvgIpc) is 3.15. The quantitative estimate of drug-likeness (QED) is 0.647. The highest BCUT2D eigenvalue weighted by Crippen LogP contribution is 2.40. The number of carbonyl (C=O) groups is 3. The number of likely N-dealkylation sites (N-methyl/N-ethyl adjacent to an activating group) is 1. The number of carbonyl (C=O) groups excluding carboxylic acids is 3. The Hall–Kier alpha value is -3.13. The Balaban J connectivity index is 2.15. The third-order valence-corrected chi connectivity index (χ3v) is 6.09. The third-order valence-electron chi connectivity index (χ3n) is 4.86. The molecule has 0 aliphatic carbocycles. The van der Waals surface area contributed by atoms with E-state index < -0.39 is 5.97 Å². The standard InChI is InChI=1S/C21H23N3O4S/c1-12-13(2)29-20-17(12)18(22-14(3)25)19(21(27)28-5)24(20)11-16(26)23(4)15-9-7-6-8-10-15/h6-10H,11H2,1-5H3,(H,22,25). The second-order valence-electron chi connectivity index (χ2n) is 6.73. The van der Waals surface area contributed by atoms with Gasteiger partial charge in [-0.2, -0.15) is 0 Å². The fourth-order valence-electron chi connectivity index (χ4n) is 3.24. The molecule has 0 spiro atoms. The van der Waals surface area contributed by atoms with Gasteiger partial charge in [-0.1, -0.05) is 18.2 Å². The molecule has 2 aromatic heterocycles. The first kappa shape index (κ1) is 20.6. The number of benzene rings is 1. The molecule has 0 fully saturated rings. The number of nitrogens with one attached hydrogen (secondary N) is 1. The molecule has 0 saturated carbocycles. The third kappa shape index (κ3) is 3.75. The van der Waals surface area contributed by atoms with Gasteiger partial charge in [-0.05, 0) is 31.5 Å². The van der Waals surface area contributed by atoms with Crippen LogP contribution in [-0.4, -0.2) is 36.5 Å². The first-order chi connectivity index (χ1) is 13.8. The van der Waals surface area contributed by atoms with E-state index in [-0.39, 0.29) is 24.1 Å². The number of aromatic nitrogens is 1. The van der Waals surface area contributed by atoms with Gasteiger partial charge in [0.05, 0.1) is 12.8 Å². The van der Waals surface area contributed by atoms with Gasteiger partial charge in [0.25, 0.3) is 0 Å². The number of aryl methyl sites for hydroxylation is 2. The molecule has 8 heteroatoms. The number of hydrogen-bond donors (Lipinski definition) is 1. The summed E-state index contributed by atoms with van der Waals surface area (Å²) in [5.41, 5.74) is 2.26. The molecule has 2 amide bonds. The summed E-state index contributed by atoms with van der Waals surface area (Å²) >= 11 is 1.48. The molecule has 1 aromatic carbocycles. The second kappa shape index (κ2) is 8.08. The van der Waals surface area contributed by atoms with Crippen LogP contribution in [0.1, 0.15) is 27.9 Å². The summed E-state index contributed by atoms with van der Waals surface area (Å²) in [4.78, 5) is 40.8. The maximum atomic E-state index is 13.0. The van der Waals surface area contributed by atoms with Gasteiger partial charge in [0.15, 0.2) is 5.69 Å². The van der Waals surface area contributed by atoms with Crippen LogP contribution in [0.2, 0.25) is 0 Å². The molecular weight excluding hydrogens is 390 g/mol. The zero-order valence-corrected chi connectivity index (χ0v) is 17.8. The van der Waals surface area contributed by atoms with Gasteiger partial charge < -0.3 is 19.5 Å². The van der Waals surface area contributed by atoms with Crippen molar-refractivity contribution in [2.45, 2.75) is 27.3 Å². The molecule has 0 saturated heterocycles. The summed E-state index contributed by atoms with van der Waals surface area (Å²) < 4.78 is 6.60. The van der Waals surface area contributed by atoms with Crippen molar-refractivity contribution in [1.29, 1.82) is 0 Å². The molecule has 2 heterocycles. The predicted octanol–water partition coefficient (Wildman–Crippen LogP) is 3.73. The van der Waals surface area contributed by atoms with Crippen LogP contribution in [0.15, 0.2) is 30.3 Å². The number of methoxy groups -OCH3 is 1. The number of amides is 2. The molecule has 29 heavy (non-hydrogen) atoms. The van der Waals surface area contributed by atoms with Crippen molar-refractivity contribution in [2.75, 3.05) is 24.4 Å². The molecule has 0 aliphatic rings. The molecule has 0 bridgehead atoms. The monoisotopic (exact) mass is 413 g/mol. The maximum absolute atomic E-state index is 13.0. The number of anilines is 2. The number of ether oxygens (including phenoxy) is 1. The molecule has 0 atom stereocenters. The fourth-order valence-corrected chi connectivity index (χ4v) is 4.41. The minimum Gasteiger partial charge on any atom is -0.464 e. The normalized spacial score (nSPS) is 10.8. The van der Waals surface area contributed by atoms with Crippen LogP contribution in [-0.2, 0) is 20.9 Å². The summed E-state index contributed by atoms with van der Waals surface area (Å²) in [7, 11) is 2.97. The number of hydrogen-bond acceptors (Lipinski definition) is 5. The van der Waals surface area contributed by atoms with Crippen LogP contribution in [0.5, 0.6) is 0 Å². The van der Waals surface area contributed by atoms with E-state index in [2.05, 4.69) is 5.32 Å². The predicted molar refractivity (Wildman–Crippen MR) is 115 cm³/mol. The summed E-state index contributed by atoms with van der Waals surface area (Å²) in [6, 6.07) is 9.27. The maximum Gasteiger partial charge on any atom is 0.356 e. The summed E-state index contributed by atoms with van der Waals surface area (Å²) in [6.07, 6.45) is 0. The SMILES string of the molecule is COC(=O)c1c(NC(C)=O)c2c(C)c(C)sc2n1CC(=O)N(C)c1ccccc1. The number of rotatable bonds is 5. The topological polar surface area (TPSA) is 80.6 Å². The Bertz CT molecular complexity index is 1100. The lowest BCUT2D eigenvalue weighted by molar-refractivity contribution is -0.118. The van der Waals surface area contributed by atoms with Gasteiger partial charge in [0, 0.05) is 29.9 Å². The van der Waals surface area contributed by atoms with Crippen LogP contribution in [0.3, 0.4) is 0 Å². The zero-order valence-electron chi connectivity index (χ0n) is 17.0. The van der Waals surface area contributed by atoms with Crippen molar-refractivity contribution in [2.24, 2.45) is 0 Å². The number of para-hydroxylation sites is 1. The van der Waals surface area contributed by atoms with Gasteiger partial charge in [-0.15, -0.1) is 11.3 Å². The van der Waals surface area contributed by atoms with Gasteiger partial charge in [0.1, 0.15) is 11.4 Å². The van der Waals surface area contributed by atoms with Crippen LogP contribution in [0.25, 0.3) is 10.2 Å². The molecular formula is C21H23N3O4S. The molecule has 0 unspecified atom stereocenters. The van der Waals surface area contributed by atoms with Gasteiger partial charge in [-0.3, -0.25) is 9.59 Å². The zero-order chi connectivity index (χ0) is 21.3. The Kier molecular flexibility index (Phi) is 5.74. The van der Waals surface area contributed by atoms with Crippen molar-refractivity contribution < 1.29 is 19.1 Å². The van der Waals surface area contributed by atoms with E-state index in [0.29, 0.717) is 5.69 Å². The average molecular weight is 413 g/mol. The van der Waals surface area contributed by atoms with Crippen molar-refractivity contribution in [3.8, 4) is 0 Å². The van der Waals surface area contributed by atoms with Crippen LogP contribution >= 0.6 is 11.3 Å². The van der Waals surface area contributed by atoms with E-state index in [4.69, 9.17) is 4.74 Å². The first-order valence-corrected chi connectivity index (χ1v) is 9.87. The lowest BCUT2D eigenvalue weighted by Gasteiger charge is -2.18. The largest absolute Gasteiger partial charge is 0.464 e. The molecule has 0 aliphatic heterocycles. The lowest BCUT2D eigenvalue weighted by Crippen LogP contribution is -2.31. The van der Waals surface area contributed by atoms with Gasteiger partial charge in [0.2, 0.25) is 11.8 Å². The van der Waals surface area contributed by atoms with Crippen molar-refractivity contribution >= 4 is 50.7 Å². The Morgan fingerprint density at radius 1 is 1.17 bits per heavy atom. The lowest BCUT2D eigenvalue weighted by atomic mass is 10.2. The van der Waals surface area contributed by atoms with Crippen molar-refractivity contribution in [3.05, 3.63) is 46.5 Å². The van der Waals surface area contributed by atoms with Gasteiger partial charge >= 0.3 is 5.97 Å². The molecule has 7 nitrogen and oxygen atoms in total. The first-order valence-electron chi connectivity index (χ1n) is 9.06. The second-order valence-corrected chi connectivity index (χ2v) is 7.94. The summed E-state index contributed by atoms with van der Waals surface area (Å²) in [5, 5.41) is 3.52. The van der Waals surface area contributed by atoms with Crippen LogP contribution in [0, 0.1) is 13.8 Å². The van der Waals surface area contributed by atoms with E-state index in [9.17, 15) is 14.4 Å². The fraction of sp³-hybridized carbons (Fsp3) is 0.286. The number of fused-ring (bicyclic) bond motifs is 1. The minimum atomic E-state index is -0.607. The molecule has 152 valence electrons. The van der Waals surface area contributed by atoms with Crippen LogP contribution in [0.4, 0.5) is 11.4 Å². The Morgan fingerprint density at radius 2 is 1.83 bits per heavy atom. The molecule has 3 rings (SSSR count). The number of thiophene rings is 1. The summed E-state index contributed by atoms with van der Waals surface area (Å²) in [5.74, 6) is -1.11. The molecule has 0 radical (unpaired) electrons. The minimum absolute atomic E-state index is 0.0642. The highest BCUT2D eigenvalue weighted by Gasteiger charge is 2.29. The Morgan fingerprint density at radius 3 is 2.41 bits per heavy atom. The van der Waals surface area contributed by atoms with Crippen LogP contribution < -0.4 is 10.2 Å². The van der Waals surface area contributed by atoms with Crippen molar-refractivity contribution in [3.63, 3.8) is 0 Å². The highest BCUT2D eigenvalue weighted by molar-refractivity contribution is 7.19. The highest BCUT2D eigenvalue weighted by atomic mass is 32.1.